The lowest BCUT2D eigenvalue weighted by molar-refractivity contribution is 0.0773. The molecule has 4 nitrogen and oxygen atoms in total. The number of imidazole rings is 1. The van der Waals surface area contributed by atoms with E-state index < -0.39 is 0 Å². The Morgan fingerprint density at radius 1 is 1.28 bits per heavy atom. The van der Waals surface area contributed by atoms with Gasteiger partial charge >= 0.3 is 0 Å². The van der Waals surface area contributed by atoms with Gasteiger partial charge in [-0.1, -0.05) is 6.92 Å². The van der Waals surface area contributed by atoms with E-state index in [0.29, 0.717) is 0 Å². The van der Waals surface area contributed by atoms with Crippen molar-refractivity contribution in [2.45, 2.75) is 27.2 Å². The summed E-state index contributed by atoms with van der Waals surface area (Å²) in [5, 5.41) is 0. The minimum Gasteiger partial charge on any atom is -0.342 e. The molecule has 1 aromatic heterocycles. The zero-order valence-electron chi connectivity index (χ0n) is 11.2. The van der Waals surface area contributed by atoms with Crippen LogP contribution in [0, 0.1) is 0 Å². The monoisotopic (exact) mass is 245 g/mol. The fourth-order valence-corrected chi connectivity index (χ4v) is 2.06. The number of hydrogen-bond acceptors (Lipinski definition) is 2. The number of H-pyrrole nitrogens is 1. The van der Waals surface area contributed by atoms with Gasteiger partial charge in [-0.15, -0.1) is 0 Å². The fourth-order valence-electron chi connectivity index (χ4n) is 2.06. The van der Waals surface area contributed by atoms with Crippen molar-refractivity contribution in [3.63, 3.8) is 0 Å². The van der Waals surface area contributed by atoms with E-state index in [1.165, 1.54) is 0 Å². The van der Waals surface area contributed by atoms with Crippen molar-refractivity contribution in [1.82, 2.24) is 14.9 Å². The minimum absolute atomic E-state index is 0.0783. The van der Waals surface area contributed by atoms with E-state index in [4.69, 9.17) is 0 Å². The Kier molecular flexibility index (Phi) is 3.65. The number of fused-ring (bicyclic) bond motifs is 1. The molecule has 0 fully saturated rings. The molecule has 18 heavy (non-hydrogen) atoms. The molecule has 0 saturated carbocycles. The normalized spacial score (nSPS) is 10.8. The number of aromatic nitrogens is 2. The second-order valence-electron chi connectivity index (χ2n) is 4.25. The van der Waals surface area contributed by atoms with Crippen molar-refractivity contribution in [2.24, 2.45) is 0 Å². The van der Waals surface area contributed by atoms with Gasteiger partial charge in [0.2, 0.25) is 0 Å². The maximum Gasteiger partial charge on any atom is 0.253 e. The standard InChI is InChI=1S/C14H19N3O/c1-4-13-15-11-8-7-10(9-12(11)16-13)14(18)17(5-2)6-3/h7-9H,4-6H2,1-3H3,(H,15,16). The maximum absolute atomic E-state index is 12.2. The van der Waals surface area contributed by atoms with Crippen LogP contribution in [0.25, 0.3) is 11.0 Å². The number of benzene rings is 1. The third-order valence-electron chi connectivity index (χ3n) is 3.16. The van der Waals surface area contributed by atoms with E-state index >= 15 is 0 Å². The van der Waals surface area contributed by atoms with E-state index in [2.05, 4.69) is 16.9 Å². The number of rotatable bonds is 4. The van der Waals surface area contributed by atoms with E-state index in [0.717, 1.165) is 41.9 Å². The first-order chi connectivity index (χ1) is 8.69. The molecule has 0 aliphatic heterocycles. The first kappa shape index (κ1) is 12.6. The van der Waals surface area contributed by atoms with Crippen LogP contribution < -0.4 is 0 Å². The summed E-state index contributed by atoms with van der Waals surface area (Å²) in [4.78, 5) is 21.7. The molecule has 0 bridgehead atoms. The number of nitrogens with one attached hydrogen (secondary N) is 1. The van der Waals surface area contributed by atoms with Crippen molar-refractivity contribution in [3.05, 3.63) is 29.6 Å². The molecule has 0 aliphatic carbocycles. The van der Waals surface area contributed by atoms with Gasteiger partial charge in [-0.2, -0.15) is 0 Å². The van der Waals surface area contributed by atoms with Gasteiger partial charge in [0.1, 0.15) is 5.82 Å². The summed E-state index contributed by atoms with van der Waals surface area (Å²) < 4.78 is 0. The second kappa shape index (κ2) is 5.21. The summed E-state index contributed by atoms with van der Waals surface area (Å²) in [7, 11) is 0. The van der Waals surface area contributed by atoms with Crippen LogP contribution in [0.1, 0.15) is 37.0 Å². The Hall–Kier alpha value is -1.84. The van der Waals surface area contributed by atoms with E-state index in [9.17, 15) is 4.79 Å². The number of aromatic amines is 1. The zero-order valence-corrected chi connectivity index (χ0v) is 11.2. The summed E-state index contributed by atoms with van der Waals surface area (Å²) in [6.45, 7) is 7.50. The molecule has 0 aliphatic rings. The van der Waals surface area contributed by atoms with E-state index in [1.54, 1.807) is 0 Å². The van der Waals surface area contributed by atoms with Crippen LogP contribution in [0.15, 0.2) is 18.2 Å². The highest BCUT2D eigenvalue weighted by molar-refractivity contribution is 5.97. The predicted octanol–water partition coefficient (Wildman–Crippen LogP) is 2.61. The topological polar surface area (TPSA) is 49.0 Å². The third-order valence-corrected chi connectivity index (χ3v) is 3.16. The van der Waals surface area contributed by atoms with Gasteiger partial charge in [-0.25, -0.2) is 4.98 Å². The lowest BCUT2D eigenvalue weighted by atomic mass is 10.1. The van der Waals surface area contributed by atoms with Gasteiger partial charge < -0.3 is 9.88 Å². The Morgan fingerprint density at radius 3 is 2.61 bits per heavy atom. The summed E-state index contributed by atoms with van der Waals surface area (Å²) in [5.74, 6) is 1.03. The molecule has 0 saturated heterocycles. The highest BCUT2D eigenvalue weighted by Gasteiger charge is 2.13. The van der Waals surface area contributed by atoms with Gasteiger partial charge in [-0.05, 0) is 32.0 Å². The van der Waals surface area contributed by atoms with Crippen LogP contribution in [0.2, 0.25) is 0 Å². The first-order valence-corrected chi connectivity index (χ1v) is 6.47. The maximum atomic E-state index is 12.2. The second-order valence-corrected chi connectivity index (χ2v) is 4.25. The summed E-state index contributed by atoms with van der Waals surface area (Å²) >= 11 is 0. The van der Waals surface area contributed by atoms with Crippen LogP contribution in [0.4, 0.5) is 0 Å². The fraction of sp³-hybridized carbons (Fsp3) is 0.429. The zero-order chi connectivity index (χ0) is 13.1. The smallest absolute Gasteiger partial charge is 0.253 e. The number of aryl methyl sites for hydroxylation is 1. The lowest BCUT2D eigenvalue weighted by Crippen LogP contribution is -2.30. The third kappa shape index (κ3) is 2.23. The van der Waals surface area contributed by atoms with Crippen molar-refractivity contribution in [2.75, 3.05) is 13.1 Å². The molecule has 1 N–H and O–H groups in total. The molecule has 0 atom stereocenters. The molecule has 0 spiro atoms. The van der Waals surface area contributed by atoms with Gasteiger partial charge in [0, 0.05) is 25.1 Å². The quantitative estimate of drug-likeness (QED) is 0.900. The SMILES string of the molecule is CCc1nc2ccc(C(=O)N(CC)CC)cc2[nH]1. The van der Waals surface area contributed by atoms with Gasteiger partial charge in [-0.3, -0.25) is 4.79 Å². The van der Waals surface area contributed by atoms with Crippen LogP contribution in [0.5, 0.6) is 0 Å². The molecular formula is C14H19N3O. The molecule has 1 heterocycles. The highest BCUT2D eigenvalue weighted by atomic mass is 16.2. The Labute approximate surface area is 107 Å². The van der Waals surface area contributed by atoms with Gasteiger partial charge in [0.05, 0.1) is 11.0 Å². The van der Waals surface area contributed by atoms with Gasteiger partial charge in [0.25, 0.3) is 5.91 Å². The Morgan fingerprint density at radius 2 is 2.00 bits per heavy atom. The molecule has 1 aromatic carbocycles. The number of carbonyl (C=O) groups is 1. The minimum atomic E-state index is 0.0783. The number of amides is 1. The van der Waals surface area contributed by atoms with Crippen molar-refractivity contribution in [3.8, 4) is 0 Å². The molecule has 0 unspecified atom stereocenters. The number of carbonyl (C=O) groups excluding carboxylic acids is 1. The largest absolute Gasteiger partial charge is 0.342 e. The summed E-state index contributed by atoms with van der Waals surface area (Å²) in [6.07, 6.45) is 0.869. The highest BCUT2D eigenvalue weighted by Crippen LogP contribution is 2.15. The van der Waals surface area contributed by atoms with Crippen LogP contribution in [0.3, 0.4) is 0 Å². The van der Waals surface area contributed by atoms with Crippen LogP contribution in [-0.4, -0.2) is 33.9 Å². The molecule has 2 rings (SSSR count). The number of hydrogen-bond donors (Lipinski definition) is 1. The average Bonchev–Trinajstić information content (AvgIpc) is 2.81. The average molecular weight is 245 g/mol. The first-order valence-electron chi connectivity index (χ1n) is 6.47. The Bertz CT molecular complexity index is 555. The van der Waals surface area contributed by atoms with Crippen LogP contribution >= 0.6 is 0 Å². The summed E-state index contributed by atoms with van der Waals surface area (Å²) in [6, 6.07) is 5.65. The molecule has 4 heteroatoms. The molecule has 0 radical (unpaired) electrons. The van der Waals surface area contributed by atoms with Crippen molar-refractivity contribution >= 4 is 16.9 Å². The lowest BCUT2D eigenvalue weighted by Gasteiger charge is -2.18. The molecule has 1 amide bonds. The van der Waals surface area contributed by atoms with E-state index in [-0.39, 0.29) is 5.91 Å². The Balaban J connectivity index is 2.37. The number of nitrogens with zero attached hydrogens (tertiary/aromatic N) is 2. The molecular weight excluding hydrogens is 226 g/mol. The van der Waals surface area contributed by atoms with Crippen LogP contribution in [-0.2, 0) is 6.42 Å². The predicted molar refractivity (Wildman–Crippen MR) is 72.7 cm³/mol. The summed E-state index contributed by atoms with van der Waals surface area (Å²) in [5.41, 5.74) is 2.57. The van der Waals surface area contributed by atoms with Crippen molar-refractivity contribution in [1.29, 1.82) is 0 Å². The van der Waals surface area contributed by atoms with Crippen molar-refractivity contribution < 1.29 is 4.79 Å². The molecule has 2 aromatic rings. The van der Waals surface area contributed by atoms with E-state index in [1.807, 2.05) is 36.9 Å². The molecule has 96 valence electrons. The van der Waals surface area contributed by atoms with Gasteiger partial charge in [0.15, 0.2) is 0 Å².